The van der Waals surface area contributed by atoms with Crippen molar-refractivity contribution in [2.45, 2.75) is 19.3 Å². The molecule has 0 fully saturated rings. The van der Waals surface area contributed by atoms with E-state index >= 15 is 0 Å². The first kappa shape index (κ1) is 8.69. The van der Waals surface area contributed by atoms with Crippen molar-refractivity contribution in [1.29, 1.82) is 0 Å². The van der Waals surface area contributed by atoms with Crippen LogP contribution in [0, 0.1) is 5.92 Å². The highest BCUT2D eigenvalue weighted by atomic mass is 15.4. The first-order chi connectivity index (χ1) is 6.31. The highest BCUT2D eigenvalue weighted by Crippen LogP contribution is 2.22. The van der Waals surface area contributed by atoms with E-state index in [1.165, 1.54) is 17.8 Å². The summed E-state index contributed by atoms with van der Waals surface area (Å²) in [7, 11) is 3.98. The summed E-state index contributed by atoms with van der Waals surface area (Å²) in [6, 6.07) is 0. The van der Waals surface area contributed by atoms with E-state index in [2.05, 4.69) is 15.6 Å². The van der Waals surface area contributed by atoms with Crippen LogP contribution >= 0.6 is 0 Å². The molecule has 0 aliphatic heterocycles. The second kappa shape index (κ2) is 3.46. The van der Waals surface area contributed by atoms with Gasteiger partial charge in [0.2, 0.25) is 0 Å². The zero-order chi connectivity index (χ0) is 9.26. The number of fused-ring (bicyclic) bond motifs is 1. The molecule has 0 bridgehead atoms. The van der Waals surface area contributed by atoms with Gasteiger partial charge in [-0.25, -0.2) is 0 Å². The largest absolute Gasteiger partial charge is 0.319 e. The molecule has 1 atom stereocenters. The molecule has 2 rings (SSSR count). The van der Waals surface area contributed by atoms with Crippen molar-refractivity contribution >= 4 is 0 Å². The molecule has 0 aromatic carbocycles. The Bertz CT molecular complexity index is 292. The summed E-state index contributed by atoms with van der Waals surface area (Å²) in [5.41, 5.74) is 2.53. The topological polar surface area (TPSA) is 42.7 Å². The van der Waals surface area contributed by atoms with E-state index < -0.39 is 0 Å². The second-order valence-electron chi connectivity index (χ2n) is 3.77. The lowest BCUT2D eigenvalue weighted by molar-refractivity contribution is 0.429. The smallest absolute Gasteiger partial charge is 0.0862 e. The lowest BCUT2D eigenvalue weighted by Gasteiger charge is -2.20. The van der Waals surface area contributed by atoms with E-state index in [0.717, 1.165) is 25.3 Å². The molecule has 13 heavy (non-hydrogen) atoms. The molecule has 1 aromatic heterocycles. The number of nitrogens with zero attached hydrogens (tertiary/aromatic N) is 3. The van der Waals surface area contributed by atoms with Crippen molar-refractivity contribution in [2.24, 2.45) is 13.0 Å². The minimum Gasteiger partial charge on any atom is -0.319 e. The summed E-state index contributed by atoms with van der Waals surface area (Å²) < 4.78 is 1.91. The fourth-order valence-corrected chi connectivity index (χ4v) is 2.06. The minimum absolute atomic E-state index is 0.745. The molecule has 1 aromatic rings. The van der Waals surface area contributed by atoms with Crippen molar-refractivity contribution in [2.75, 3.05) is 13.6 Å². The van der Waals surface area contributed by atoms with Crippen LogP contribution in [0.2, 0.25) is 0 Å². The molecule has 72 valence electrons. The number of aromatic nitrogens is 3. The molecule has 0 saturated heterocycles. The third-order valence-corrected chi connectivity index (χ3v) is 2.79. The van der Waals surface area contributed by atoms with Crippen LogP contribution in [0.1, 0.15) is 17.8 Å². The summed E-state index contributed by atoms with van der Waals surface area (Å²) in [5.74, 6) is 0.745. The number of aryl methyl sites for hydroxylation is 1. The molecule has 4 heteroatoms. The Labute approximate surface area is 78.3 Å². The molecule has 1 aliphatic rings. The third-order valence-electron chi connectivity index (χ3n) is 2.79. The molecule has 0 saturated carbocycles. The van der Waals surface area contributed by atoms with Crippen LogP contribution in [-0.2, 0) is 19.9 Å². The Balaban J connectivity index is 2.11. The highest BCUT2D eigenvalue weighted by Gasteiger charge is 2.21. The van der Waals surface area contributed by atoms with Gasteiger partial charge in [-0.15, -0.1) is 5.10 Å². The quantitative estimate of drug-likeness (QED) is 0.704. The Morgan fingerprint density at radius 2 is 2.46 bits per heavy atom. The summed E-state index contributed by atoms with van der Waals surface area (Å²) in [4.78, 5) is 0. The average Bonchev–Trinajstić information content (AvgIpc) is 2.48. The van der Waals surface area contributed by atoms with E-state index in [1.54, 1.807) is 0 Å². The molecular formula is C9H16N4. The van der Waals surface area contributed by atoms with Gasteiger partial charge in [-0.05, 0) is 38.8 Å². The number of rotatable bonds is 2. The number of hydrogen-bond donors (Lipinski definition) is 1. The van der Waals surface area contributed by atoms with Crippen LogP contribution in [0.3, 0.4) is 0 Å². The zero-order valence-electron chi connectivity index (χ0n) is 8.25. The highest BCUT2D eigenvalue weighted by molar-refractivity contribution is 5.14. The van der Waals surface area contributed by atoms with E-state index in [0.29, 0.717) is 0 Å². The van der Waals surface area contributed by atoms with Gasteiger partial charge in [-0.2, -0.15) is 0 Å². The Hall–Kier alpha value is -0.900. The van der Waals surface area contributed by atoms with E-state index in [-0.39, 0.29) is 0 Å². The van der Waals surface area contributed by atoms with Crippen LogP contribution in [0.15, 0.2) is 0 Å². The molecule has 4 nitrogen and oxygen atoms in total. The van der Waals surface area contributed by atoms with Gasteiger partial charge in [0.05, 0.1) is 11.4 Å². The average molecular weight is 180 g/mol. The van der Waals surface area contributed by atoms with Crippen LogP contribution in [-0.4, -0.2) is 28.6 Å². The lowest BCUT2D eigenvalue weighted by Crippen LogP contribution is -2.25. The molecule has 1 unspecified atom stereocenters. The van der Waals surface area contributed by atoms with Gasteiger partial charge in [-0.1, -0.05) is 5.21 Å². The van der Waals surface area contributed by atoms with Gasteiger partial charge in [0.15, 0.2) is 0 Å². The van der Waals surface area contributed by atoms with E-state index in [9.17, 15) is 0 Å². The predicted molar refractivity (Wildman–Crippen MR) is 50.4 cm³/mol. The molecule has 0 radical (unpaired) electrons. The Kier molecular flexibility index (Phi) is 2.31. The molecular weight excluding hydrogens is 164 g/mol. The molecule has 0 spiro atoms. The van der Waals surface area contributed by atoms with E-state index in [4.69, 9.17) is 0 Å². The maximum atomic E-state index is 4.17. The SMILES string of the molecule is CNCC1CCc2c(nnn2C)C1. The summed E-state index contributed by atoms with van der Waals surface area (Å²) in [5, 5.41) is 11.4. The molecule has 0 amide bonds. The van der Waals surface area contributed by atoms with Crippen molar-refractivity contribution in [3.8, 4) is 0 Å². The lowest BCUT2D eigenvalue weighted by atomic mass is 9.90. The van der Waals surface area contributed by atoms with Crippen LogP contribution in [0.4, 0.5) is 0 Å². The van der Waals surface area contributed by atoms with Gasteiger partial charge in [-0.3, -0.25) is 4.68 Å². The van der Waals surface area contributed by atoms with Crippen molar-refractivity contribution < 1.29 is 0 Å². The summed E-state index contributed by atoms with van der Waals surface area (Å²) in [6.45, 7) is 1.09. The van der Waals surface area contributed by atoms with Gasteiger partial charge in [0.1, 0.15) is 0 Å². The van der Waals surface area contributed by atoms with Crippen LogP contribution in [0.25, 0.3) is 0 Å². The van der Waals surface area contributed by atoms with Crippen LogP contribution < -0.4 is 5.32 Å². The normalized spacial score (nSPS) is 21.5. The second-order valence-corrected chi connectivity index (χ2v) is 3.77. The molecule has 1 N–H and O–H groups in total. The fraction of sp³-hybridized carbons (Fsp3) is 0.778. The van der Waals surface area contributed by atoms with Crippen LogP contribution in [0.5, 0.6) is 0 Å². The minimum atomic E-state index is 0.745. The number of hydrogen-bond acceptors (Lipinski definition) is 3. The number of nitrogens with one attached hydrogen (secondary N) is 1. The Morgan fingerprint density at radius 1 is 1.62 bits per heavy atom. The molecule has 1 heterocycles. The Morgan fingerprint density at radius 3 is 3.23 bits per heavy atom. The van der Waals surface area contributed by atoms with Gasteiger partial charge < -0.3 is 5.32 Å². The first-order valence-electron chi connectivity index (χ1n) is 4.83. The van der Waals surface area contributed by atoms with Crippen molar-refractivity contribution in [3.05, 3.63) is 11.4 Å². The monoisotopic (exact) mass is 180 g/mol. The van der Waals surface area contributed by atoms with Gasteiger partial charge >= 0.3 is 0 Å². The maximum Gasteiger partial charge on any atom is 0.0862 e. The van der Waals surface area contributed by atoms with Gasteiger partial charge in [0, 0.05) is 7.05 Å². The van der Waals surface area contributed by atoms with Crippen molar-refractivity contribution in [3.63, 3.8) is 0 Å². The van der Waals surface area contributed by atoms with Gasteiger partial charge in [0.25, 0.3) is 0 Å². The maximum absolute atomic E-state index is 4.17. The third kappa shape index (κ3) is 1.58. The van der Waals surface area contributed by atoms with Crippen molar-refractivity contribution in [1.82, 2.24) is 20.3 Å². The fourth-order valence-electron chi connectivity index (χ4n) is 2.06. The molecule has 1 aliphatic carbocycles. The summed E-state index contributed by atoms with van der Waals surface area (Å²) >= 11 is 0. The first-order valence-corrected chi connectivity index (χ1v) is 4.83. The standard InChI is InChI=1S/C9H16N4/c1-10-6-7-3-4-9-8(5-7)11-12-13(9)2/h7,10H,3-6H2,1-2H3. The zero-order valence-corrected chi connectivity index (χ0v) is 8.25. The summed E-state index contributed by atoms with van der Waals surface area (Å²) in [6.07, 6.45) is 3.48. The van der Waals surface area contributed by atoms with E-state index in [1.807, 2.05) is 18.8 Å². The predicted octanol–water partition coefficient (Wildman–Crippen LogP) is 0.139.